The van der Waals surface area contributed by atoms with Gasteiger partial charge in [0.15, 0.2) is 0 Å². The number of hydrogen-bond acceptors (Lipinski definition) is 4. The highest BCUT2D eigenvalue weighted by atomic mass is 16.5. The highest BCUT2D eigenvalue weighted by molar-refractivity contribution is 5.77. The first-order chi connectivity index (χ1) is 7.11. The maximum Gasteiger partial charge on any atom is 0.310 e. The molecular formula is C10H20N2O3. The number of carbonyl (C=O) groups is 2. The molecule has 0 aromatic carbocycles. The SMILES string of the molecule is CNCCCC(=O)NCC(C)C(=O)OC. The van der Waals surface area contributed by atoms with Crippen molar-refractivity contribution in [3.8, 4) is 0 Å². The van der Waals surface area contributed by atoms with E-state index in [9.17, 15) is 9.59 Å². The first-order valence-electron chi connectivity index (χ1n) is 5.11. The van der Waals surface area contributed by atoms with E-state index in [2.05, 4.69) is 15.4 Å². The van der Waals surface area contributed by atoms with Gasteiger partial charge in [-0.15, -0.1) is 0 Å². The van der Waals surface area contributed by atoms with E-state index in [1.165, 1.54) is 7.11 Å². The third-order valence-corrected chi connectivity index (χ3v) is 2.04. The Labute approximate surface area is 90.6 Å². The molecule has 0 saturated heterocycles. The molecule has 88 valence electrons. The van der Waals surface area contributed by atoms with Gasteiger partial charge >= 0.3 is 5.97 Å². The number of ether oxygens (including phenoxy) is 1. The summed E-state index contributed by atoms with van der Waals surface area (Å²) in [6, 6.07) is 0. The van der Waals surface area contributed by atoms with Gasteiger partial charge < -0.3 is 15.4 Å². The quantitative estimate of drug-likeness (QED) is 0.461. The number of carbonyl (C=O) groups excluding carboxylic acids is 2. The zero-order valence-corrected chi connectivity index (χ0v) is 9.63. The molecule has 1 atom stereocenters. The van der Waals surface area contributed by atoms with Gasteiger partial charge in [-0.1, -0.05) is 6.92 Å². The van der Waals surface area contributed by atoms with Gasteiger partial charge in [-0.05, 0) is 20.0 Å². The Morgan fingerprint density at radius 2 is 2.07 bits per heavy atom. The summed E-state index contributed by atoms with van der Waals surface area (Å²) in [6.07, 6.45) is 1.28. The molecule has 1 amide bonds. The number of esters is 1. The Kier molecular flexibility index (Phi) is 7.62. The van der Waals surface area contributed by atoms with E-state index in [4.69, 9.17) is 0 Å². The largest absolute Gasteiger partial charge is 0.469 e. The molecule has 0 aliphatic rings. The number of hydrogen-bond donors (Lipinski definition) is 2. The zero-order valence-electron chi connectivity index (χ0n) is 9.63. The summed E-state index contributed by atoms with van der Waals surface area (Å²) in [7, 11) is 3.19. The van der Waals surface area contributed by atoms with Gasteiger partial charge in [0, 0.05) is 13.0 Å². The van der Waals surface area contributed by atoms with Crippen molar-refractivity contribution in [2.24, 2.45) is 5.92 Å². The Morgan fingerprint density at radius 3 is 2.60 bits per heavy atom. The zero-order chi connectivity index (χ0) is 11.7. The number of amides is 1. The van der Waals surface area contributed by atoms with E-state index in [0.717, 1.165) is 13.0 Å². The fraction of sp³-hybridized carbons (Fsp3) is 0.800. The van der Waals surface area contributed by atoms with Crippen molar-refractivity contribution >= 4 is 11.9 Å². The standard InChI is InChI=1S/C10H20N2O3/c1-8(10(14)15-3)7-12-9(13)5-4-6-11-2/h8,11H,4-7H2,1-3H3,(H,12,13). The van der Waals surface area contributed by atoms with Crippen LogP contribution in [0.1, 0.15) is 19.8 Å². The fourth-order valence-corrected chi connectivity index (χ4v) is 1.07. The van der Waals surface area contributed by atoms with Gasteiger partial charge in [0.05, 0.1) is 13.0 Å². The van der Waals surface area contributed by atoms with Gasteiger partial charge in [-0.3, -0.25) is 9.59 Å². The summed E-state index contributed by atoms with van der Waals surface area (Å²) >= 11 is 0. The van der Waals surface area contributed by atoms with Gasteiger partial charge in [-0.2, -0.15) is 0 Å². The topological polar surface area (TPSA) is 67.4 Å². The second-order valence-corrected chi connectivity index (χ2v) is 3.44. The number of methoxy groups -OCH3 is 1. The van der Waals surface area contributed by atoms with Gasteiger partial charge in [0.2, 0.25) is 5.91 Å². The lowest BCUT2D eigenvalue weighted by atomic mass is 10.2. The van der Waals surface area contributed by atoms with Crippen LogP contribution in [0.15, 0.2) is 0 Å². The minimum Gasteiger partial charge on any atom is -0.469 e. The second-order valence-electron chi connectivity index (χ2n) is 3.44. The maximum atomic E-state index is 11.2. The molecule has 5 nitrogen and oxygen atoms in total. The summed E-state index contributed by atoms with van der Waals surface area (Å²) in [4.78, 5) is 22.2. The van der Waals surface area contributed by atoms with Crippen LogP contribution in [-0.4, -0.2) is 39.1 Å². The molecule has 0 radical (unpaired) electrons. The first-order valence-corrected chi connectivity index (χ1v) is 5.11. The van der Waals surface area contributed by atoms with Gasteiger partial charge in [0.25, 0.3) is 0 Å². The molecule has 0 aliphatic carbocycles. The van der Waals surface area contributed by atoms with Crippen molar-refractivity contribution in [3.05, 3.63) is 0 Å². The van der Waals surface area contributed by atoms with E-state index in [0.29, 0.717) is 13.0 Å². The van der Waals surface area contributed by atoms with Crippen molar-refractivity contribution < 1.29 is 14.3 Å². The summed E-state index contributed by atoms with van der Waals surface area (Å²) in [5.74, 6) is -0.616. The lowest BCUT2D eigenvalue weighted by molar-refractivity contribution is -0.144. The second kappa shape index (κ2) is 8.23. The van der Waals surface area contributed by atoms with Crippen LogP contribution < -0.4 is 10.6 Å². The van der Waals surface area contributed by atoms with Crippen LogP contribution in [0.4, 0.5) is 0 Å². The molecule has 0 spiro atoms. The smallest absolute Gasteiger partial charge is 0.310 e. The van der Waals surface area contributed by atoms with E-state index in [-0.39, 0.29) is 17.8 Å². The van der Waals surface area contributed by atoms with Crippen LogP contribution in [0.25, 0.3) is 0 Å². The molecule has 0 aromatic heterocycles. The average Bonchev–Trinajstić information content (AvgIpc) is 2.25. The van der Waals surface area contributed by atoms with Crippen molar-refractivity contribution in [3.63, 3.8) is 0 Å². The monoisotopic (exact) mass is 216 g/mol. The molecule has 0 heterocycles. The summed E-state index contributed by atoms with van der Waals surface area (Å²) < 4.78 is 4.54. The minimum absolute atomic E-state index is 0.0268. The molecule has 0 fully saturated rings. The molecule has 5 heteroatoms. The normalized spacial score (nSPS) is 11.9. The van der Waals surface area contributed by atoms with E-state index in [1.807, 2.05) is 7.05 Å². The van der Waals surface area contributed by atoms with Crippen LogP contribution in [0.3, 0.4) is 0 Å². The summed E-state index contributed by atoms with van der Waals surface area (Å²) in [6.45, 7) is 2.88. The van der Waals surface area contributed by atoms with Crippen molar-refractivity contribution in [2.45, 2.75) is 19.8 Å². The van der Waals surface area contributed by atoms with Gasteiger partial charge in [-0.25, -0.2) is 0 Å². The Bertz CT molecular complexity index is 207. The molecule has 0 rings (SSSR count). The third kappa shape index (κ3) is 6.90. The van der Waals surface area contributed by atoms with E-state index >= 15 is 0 Å². The average molecular weight is 216 g/mol. The summed E-state index contributed by atoms with van der Waals surface area (Å²) in [5, 5.41) is 5.65. The first kappa shape index (κ1) is 13.9. The number of rotatable bonds is 7. The molecular weight excluding hydrogens is 196 g/mol. The molecule has 2 N–H and O–H groups in total. The summed E-state index contributed by atoms with van der Waals surface area (Å²) in [5.41, 5.74) is 0. The lowest BCUT2D eigenvalue weighted by Gasteiger charge is -2.10. The van der Waals surface area contributed by atoms with Crippen molar-refractivity contribution in [1.29, 1.82) is 0 Å². The predicted octanol–water partition coefficient (Wildman–Crippen LogP) is -0.0887. The Hall–Kier alpha value is -1.10. The Morgan fingerprint density at radius 1 is 1.40 bits per heavy atom. The highest BCUT2D eigenvalue weighted by Gasteiger charge is 2.13. The maximum absolute atomic E-state index is 11.2. The van der Waals surface area contributed by atoms with Gasteiger partial charge in [0.1, 0.15) is 0 Å². The molecule has 1 unspecified atom stereocenters. The van der Waals surface area contributed by atoms with Crippen LogP contribution >= 0.6 is 0 Å². The molecule has 0 bridgehead atoms. The molecule has 0 saturated carbocycles. The number of nitrogens with one attached hydrogen (secondary N) is 2. The highest BCUT2D eigenvalue weighted by Crippen LogP contribution is 1.96. The van der Waals surface area contributed by atoms with E-state index < -0.39 is 0 Å². The van der Waals surface area contributed by atoms with Crippen LogP contribution in [0.2, 0.25) is 0 Å². The van der Waals surface area contributed by atoms with E-state index in [1.54, 1.807) is 6.92 Å². The minimum atomic E-state index is -0.300. The molecule has 15 heavy (non-hydrogen) atoms. The predicted molar refractivity (Wildman–Crippen MR) is 57.4 cm³/mol. The Balaban J connectivity index is 3.57. The third-order valence-electron chi connectivity index (χ3n) is 2.04. The van der Waals surface area contributed by atoms with Crippen LogP contribution in [-0.2, 0) is 14.3 Å². The molecule has 0 aromatic rings. The molecule has 0 aliphatic heterocycles. The van der Waals surface area contributed by atoms with Crippen molar-refractivity contribution in [2.75, 3.05) is 27.2 Å². The fourth-order valence-electron chi connectivity index (χ4n) is 1.07. The van der Waals surface area contributed by atoms with Crippen LogP contribution in [0.5, 0.6) is 0 Å². The van der Waals surface area contributed by atoms with Crippen molar-refractivity contribution in [1.82, 2.24) is 10.6 Å². The lowest BCUT2D eigenvalue weighted by Crippen LogP contribution is -2.32. The van der Waals surface area contributed by atoms with Crippen LogP contribution in [0, 0.1) is 5.92 Å².